The van der Waals surface area contributed by atoms with Gasteiger partial charge in [0.05, 0.1) is 20.5 Å². The number of primary amides is 1. The number of halogens is 3. The van der Waals surface area contributed by atoms with Crippen molar-refractivity contribution in [2.75, 3.05) is 26.0 Å². The summed E-state index contributed by atoms with van der Waals surface area (Å²) in [5, 5.41) is 0. The average Bonchev–Trinajstić information content (AvgIpc) is 2.45. The fourth-order valence-electron chi connectivity index (χ4n) is 3.05. The van der Waals surface area contributed by atoms with Crippen LogP contribution in [0.2, 0.25) is 0 Å². The van der Waals surface area contributed by atoms with E-state index in [0.717, 1.165) is 0 Å². The Balaban J connectivity index is 2.60. The molecule has 1 unspecified atom stereocenters. The Morgan fingerprint density at radius 1 is 1.40 bits per heavy atom. The van der Waals surface area contributed by atoms with Crippen LogP contribution in [0.5, 0.6) is 0 Å². The van der Waals surface area contributed by atoms with Gasteiger partial charge >= 0.3 is 6.18 Å². The van der Waals surface area contributed by atoms with Gasteiger partial charge in [0, 0.05) is 13.1 Å². The monoisotopic (exact) mass is 288 g/mol. The second-order valence-corrected chi connectivity index (χ2v) is 5.49. The number of fused-ring (bicyclic) bond motifs is 1. The van der Waals surface area contributed by atoms with E-state index in [0.29, 0.717) is 16.9 Å². The zero-order chi connectivity index (χ0) is 15.3. The Labute approximate surface area is 115 Å². The first kappa shape index (κ1) is 14.6. The predicted molar refractivity (Wildman–Crippen MR) is 71.2 cm³/mol. The van der Waals surface area contributed by atoms with Crippen molar-refractivity contribution >= 4 is 17.3 Å². The second kappa shape index (κ2) is 4.37. The van der Waals surface area contributed by atoms with Crippen molar-refractivity contribution in [3.05, 3.63) is 23.8 Å². The van der Waals surface area contributed by atoms with Gasteiger partial charge in [-0.2, -0.15) is 13.2 Å². The van der Waals surface area contributed by atoms with Crippen LogP contribution in [-0.4, -0.2) is 39.4 Å². The maximum Gasteiger partial charge on any atom is 0.463 e. The minimum absolute atomic E-state index is 0.0713. The van der Waals surface area contributed by atoms with Gasteiger partial charge in [-0.25, -0.2) is 0 Å². The normalized spacial score (nSPS) is 20.9. The molecule has 2 rings (SSSR count). The van der Waals surface area contributed by atoms with Crippen LogP contribution in [0.3, 0.4) is 0 Å². The SMILES string of the molecule is CN1c2c(CC(N)=O)cccc2[N+](C)(C)C1C(F)(F)F. The van der Waals surface area contributed by atoms with E-state index in [1.807, 2.05) is 0 Å². The largest absolute Gasteiger partial charge is 0.463 e. The third kappa shape index (κ3) is 2.11. The lowest BCUT2D eigenvalue weighted by Gasteiger charge is -2.34. The van der Waals surface area contributed by atoms with E-state index in [-0.39, 0.29) is 10.9 Å². The zero-order valence-electron chi connectivity index (χ0n) is 11.5. The molecule has 1 aromatic rings. The third-order valence-electron chi connectivity index (χ3n) is 3.71. The van der Waals surface area contributed by atoms with Gasteiger partial charge in [0.1, 0.15) is 5.69 Å². The molecule has 110 valence electrons. The summed E-state index contributed by atoms with van der Waals surface area (Å²) in [6.07, 6.45) is -6.12. The molecule has 0 aliphatic carbocycles. The highest BCUT2D eigenvalue weighted by Crippen LogP contribution is 2.48. The van der Waals surface area contributed by atoms with E-state index < -0.39 is 18.2 Å². The van der Waals surface area contributed by atoms with Gasteiger partial charge in [0.2, 0.25) is 5.91 Å². The molecule has 0 saturated heterocycles. The van der Waals surface area contributed by atoms with Crippen molar-refractivity contribution in [3.63, 3.8) is 0 Å². The number of carbonyl (C=O) groups is 1. The van der Waals surface area contributed by atoms with Crippen LogP contribution in [0.4, 0.5) is 24.5 Å². The molecule has 4 nitrogen and oxygen atoms in total. The quantitative estimate of drug-likeness (QED) is 0.841. The van der Waals surface area contributed by atoms with E-state index in [4.69, 9.17) is 5.73 Å². The molecule has 7 heteroatoms. The summed E-state index contributed by atoms with van der Waals surface area (Å²) in [5.74, 6) is -0.562. The first-order valence-corrected chi connectivity index (χ1v) is 6.10. The molecule has 1 aromatic carbocycles. The van der Waals surface area contributed by atoms with Crippen molar-refractivity contribution in [1.82, 2.24) is 4.48 Å². The van der Waals surface area contributed by atoms with Crippen LogP contribution in [0, 0.1) is 0 Å². The summed E-state index contributed by atoms with van der Waals surface area (Å²) in [6, 6.07) is 4.95. The lowest BCUT2D eigenvalue weighted by atomic mass is 10.1. The van der Waals surface area contributed by atoms with Crippen LogP contribution in [0.15, 0.2) is 18.2 Å². The Kier molecular flexibility index (Phi) is 3.20. The predicted octanol–water partition coefficient (Wildman–Crippen LogP) is 1.62. The van der Waals surface area contributed by atoms with E-state index in [1.165, 1.54) is 26.0 Å². The molecule has 1 aliphatic heterocycles. The maximum absolute atomic E-state index is 13.3. The first-order chi connectivity index (χ1) is 9.06. The summed E-state index contributed by atoms with van der Waals surface area (Å²) in [7, 11) is 4.41. The number of hydrogen-bond donors (Lipinski definition) is 1. The van der Waals surface area contributed by atoms with Crippen molar-refractivity contribution in [1.29, 1.82) is 0 Å². The number of nitrogens with zero attached hydrogens (tertiary/aromatic N) is 2. The highest BCUT2D eigenvalue weighted by Gasteiger charge is 2.59. The summed E-state index contributed by atoms with van der Waals surface area (Å²) in [5.41, 5.74) is 6.67. The second-order valence-electron chi connectivity index (χ2n) is 5.49. The van der Waals surface area contributed by atoms with Crippen molar-refractivity contribution in [2.24, 2.45) is 5.73 Å². The number of para-hydroxylation sites is 1. The van der Waals surface area contributed by atoms with E-state index in [9.17, 15) is 18.0 Å². The number of amides is 1. The molecule has 0 radical (unpaired) electrons. The van der Waals surface area contributed by atoms with Crippen LogP contribution >= 0.6 is 0 Å². The molecular formula is C13H17F3N3O+. The molecule has 1 atom stereocenters. The number of nitrogens with two attached hydrogens (primary N) is 1. The number of hydrogen-bond acceptors (Lipinski definition) is 2. The van der Waals surface area contributed by atoms with Crippen LogP contribution in [0.1, 0.15) is 5.56 Å². The van der Waals surface area contributed by atoms with E-state index >= 15 is 0 Å². The van der Waals surface area contributed by atoms with E-state index in [1.54, 1.807) is 18.2 Å². The fraction of sp³-hybridized carbons (Fsp3) is 0.462. The number of benzene rings is 1. The standard InChI is InChI=1S/C13H16F3N3O/c1-18-11-8(7-10(17)20)5-4-6-9(11)19(2,3)12(18)13(14,15)16/h4-6,12H,7H2,1-3H3,(H-,17,20)/p+1. The molecular weight excluding hydrogens is 271 g/mol. The Bertz CT molecular complexity index is 554. The number of alkyl halides is 3. The molecule has 1 aliphatic rings. The van der Waals surface area contributed by atoms with Gasteiger partial charge in [-0.3, -0.25) is 9.28 Å². The Hall–Kier alpha value is -1.76. The molecule has 0 aromatic heterocycles. The van der Waals surface area contributed by atoms with Crippen molar-refractivity contribution < 1.29 is 18.0 Å². The number of carbonyl (C=O) groups excluding carboxylic acids is 1. The van der Waals surface area contributed by atoms with Gasteiger partial charge in [-0.15, -0.1) is 0 Å². The van der Waals surface area contributed by atoms with Crippen LogP contribution in [-0.2, 0) is 11.2 Å². The molecule has 2 N–H and O–H groups in total. The van der Waals surface area contributed by atoms with Gasteiger partial charge < -0.3 is 10.6 Å². The minimum atomic E-state index is -4.37. The lowest BCUT2D eigenvalue weighted by Crippen LogP contribution is -2.60. The molecule has 0 bridgehead atoms. The highest BCUT2D eigenvalue weighted by molar-refractivity contribution is 5.84. The molecule has 1 heterocycles. The van der Waals surface area contributed by atoms with Crippen LogP contribution < -0.4 is 15.1 Å². The summed E-state index contributed by atoms with van der Waals surface area (Å²) in [4.78, 5) is 12.3. The smallest absolute Gasteiger partial charge is 0.369 e. The molecule has 0 saturated carbocycles. The van der Waals surface area contributed by atoms with Gasteiger partial charge in [-0.05, 0) is 5.56 Å². The minimum Gasteiger partial charge on any atom is -0.369 e. The van der Waals surface area contributed by atoms with Crippen molar-refractivity contribution in [3.8, 4) is 0 Å². The van der Waals surface area contributed by atoms with Gasteiger partial charge in [0.25, 0.3) is 6.17 Å². The highest BCUT2D eigenvalue weighted by atomic mass is 19.4. The summed E-state index contributed by atoms with van der Waals surface area (Å²) >= 11 is 0. The summed E-state index contributed by atoms with van der Waals surface area (Å²) in [6.45, 7) is 0. The Morgan fingerprint density at radius 3 is 2.50 bits per heavy atom. The van der Waals surface area contributed by atoms with E-state index in [2.05, 4.69) is 0 Å². The van der Waals surface area contributed by atoms with Crippen molar-refractivity contribution in [2.45, 2.75) is 18.8 Å². The maximum atomic E-state index is 13.3. The fourth-order valence-corrected chi connectivity index (χ4v) is 3.05. The molecule has 1 amide bonds. The van der Waals surface area contributed by atoms with Crippen LogP contribution in [0.25, 0.3) is 0 Å². The number of quaternary nitrogens is 1. The topological polar surface area (TPSA) is 46.3 Å². The summed E-state index contributed by atoms with van der Waals surface area (Å²) < 4.78 is 39.6. The molecule has 20 heavy (non-hydrogen) atoms. The Morgan fingerprint density at radius 2 is 2.00 bits per heavy atom. The zero-order valence-corrected chi connectivity index (χ0v) is 11.5. The molecule has 0 spiro atoms. The third-order valence-corrected chi connectivity index (χ3v) is 3.71. The number of anilines is 1. The first-order valence-electron chi connectivity index (χ1n) is 6.10. The number of rotatable bonds is 2. The lowest BCUT2D eigenvalue weighted by molar-refractivity contribution is -0.171. The average molecular weight is 288 g/mol. The molecule has 0 fully saturated rings. The van der Waals surface area contributed by atoms with Gasteiger partial charge in [0.15, 0.2) is 5.69 Å². The van der Waals surface area contributed by atoms with Gasteiger partial charge in [-0.1, -0.05) is 12.1 Å².